The lowest BCUT2D eigenvalue weighted by Gasteiger charge is -2.45. The Morgan fingerprint density at radius 3 is 2.19 bits per heavy atom. The van der Waals surface area contributed by atoms with Gasteiger partial charge in [0.05, 0.1) is 18.3 Å². The van der Waals surface area contributed by atoms with Gasteiger partial charge in [-0.25, -0.2) is 4.98 Å². The molecule has 0 radical (unpaired) electrons. The van der Waals surface area contributed by atoms with Crippen molar-refractivity contribution in [2.45, 2.75) is 37.0 Å². The van der Waals surface area contributed by atoms with E-state index in [4.69, 9.17) is 14.7 Å². The molecule has 0 amide bonds. The molecule has 0 spiro atoms. The van der Waals surface area contributed by atoms with Crippen LogP contribution < -0.4 is 10.6 Å². The maximum absolute atomic E-state index is 10.4. The maximum atomic E-state index is 10.4. The van der Waals surface area contributed by atoms with Crippen LogP contribution in [0.15, 0.2) is 91.0 Å². The first kappa shape index (κ1) is 24.9. The number of benzene rings is 3. The zero-order valence-electron chi connectivity index (χ0n) is 20.8. The minimum atomic E-state index is -0.816. The zero-order valence-corrected chi connectivity index (χ0v) is 20.8. The zero-order chi connectivity index (χ0) is 25.7. The van der Waals surface area contributed by atoms with Gasteiger partial charge in [-0.3, -0.25) is 0 Å². The molecule has 1 heterocycles. The van der Waals surface area contributed by atoms with Gasteiger partial charge in [0.15, 0.2) is 6.29 Å². The fourth-order valence-electron chi connectivity index (χ4n) is 4.91. The number of nitrogens with one attached hydrogen (secondary N) is 2. The Bertz CT molecular complexity index is 1300. The number of hydrogen-bond acceptors (Lipinski definition) is 7. The number of aliphatic hydroxyl groups excluding tert-OH is 2. The van der Waals surface area contributed by atoms with E-state index in [0.29, 0.717) is 11.8 Å². The van der Waals surface area contributed by atoms with Gasteiger partial charge in [-0.15, -0.1) is 0 Å². The molecule has 1 saturated carbocycles. The van der Waals surface area contributed by atoms with Gasteiger partial charge in [0.1, 0.15) is 5.82 Å². The molecule has 37 heavy (non-hydrogen) atoms. The van der Waals surface area contributed by atoms with E-state index in [9.17, 15) is 10.2 Å². The van der Waals surface area contributed by atoms with Crippen LogP contribution in [0.5, 0.6) is 0 Å². The Balaban J connectivity index is 1.43. The summed E-state index contributed by atoms with van der Waals surface area (Å²) < 4.78 is 5.27. The van der Waals surface area contributed by atoms with Gasteiger partial charge in [0.2, 0.25) is 5.95 Å². The molecule has 7 heteroatoms. The Kier molecular flexibility index (Phi) is 7.46. The molecule has 5 rings (SSSR count). The lowest BCUT2D eigenvalue weighted by Crippen LogP contribution is -2.46. The van der Waals surface area contributed by atoms with Gasteiger partial charge in [-0.1, -0.05) is 79.2 Å². The topological polar surface area (TPSA) is 99.5 Å². The summed E-state index contributed by atoms with van der Waals surface area (Å²) in [5.41, 5.74) is 4.26. The lowest BCUT2D eigenvalue weighted by molar-refractivity contribution is -0.149. The number of anilines is 3. The van der Waals surface area contributed by atoms with Crippen molar-refractivity contribution in [3.05, 3.63) is 102 Å². The van der Waals surface area contributed by atoms with Crippen molar-refractivity contribution < 1.29 is 14.9 Å². The van der Waals surface area contributed by atoms with Crippen LogP contribution in [0.4, 0.5) is 17.5 Å². The molecular formula is C30H32N4O3. The summed E-state index contributed by atoms with van der Waals surface area (Å²) in [7, 11) is 1.54. The molecule has 0 saturated heterocycles. The maximum Gasteiger partial charge on any atom is 0.229 e. The fraction of sp³-hybridized carbons (Fsp3) is 0.267. The number of ether oxygens (including phenoxy) is 1. The van der Waals surface area contributed by atoms with E-state index < -0.39 is 6.29 Å². The quantitative estimate of drug-likeness (QED) is 0.218. The van der Waals surface area contributed by atoms with Crippen LogP contribution in [0.1, 0.15) is 36.4 Å². The normalized spacial score (nSPS) is 15.9. The average Bonchev–Trinajstić information content (AvgIpc) is 2.92. The molecule has 7 nitrogen and oxygen atoms in total. The van der Waals surface area contributed by atoms with E-state index in [1.807, 2.05) is 91.0 Å². The third-order valence-corrected chi connectivity index (χ3v) is 7.16. The summed E-state index contributed by atoms with van der Waals surface area (Å²) in [4.78, 5) is 9.46. The molecule has 1 aliphatic rings. The molecule has 3 aromatic carbocycles. The SMILES string of the molecule is COC(O)C1(c2ccc(Nc3nc(N[C@H](CO)c4ccccc4)cc(-c4ccccc4)n3)cc2)CCC1. The van der Waals surface area contributed by atoms with Crippen LogP contribution in [0.25, 0.3) is 11.3 Å². The van der Waals surface area contributed by atoms with Crippen LogP contribution in [0, 0.1) is 0 Å². The molecular weight excluding hydrogens is 464 g/mol. The second-order valence-corrected chi connectivity index (χ2v) is 9.42. The molecule has 0 bridgehead atoms. The fourth-order valence-corrected chi connectivity index (χ4v) is 4.91. The summed E-state index contributed by atoms with van der Waals surface area (Å²) in [5.74, 6) is 1.05. The number of hydrogen-bond donors (Lipinski definition) is 4. The largest absolute Gasteiger partial charge is 0.394 e. The van der Waals surface area contributed by atoms with E-state index in [0.717, 1.165) is 47.3 Å². The highest BCUT2D eigenvalue weighted by atomic mass is 16.6. The summed E-state index contributed by atoms with van der Waals surface area (Å²) in [5, 5.41) is 27.2. The number of nitrogens with zero attached hydrogens (tertiary/aromatic N) is 2. The first-order valence-electron chi connectivity index (χ1n) is 12.6. The van der Waals surface area contributed by atoms with Crippen molar-refractivity contribution >= 4 is 17.5 Å². The Hall–Kier alpha value is -3.78. The van der Waals surface area contributed by atoms with Gasteiger partial charge < -0.3 is 25.6 Å². The summed E-state index contributed by atoms with van der Waals surface area (Å²) in [6.07, 6.45) is 2.07. The monoisotopic (exact) mass is 496 g/mol. The standard InChI is InChI=1S/C30H32N4O3/c1-37-28(36)30(17-8-18-30)23-13-15-24(16-14-23)31-29-33-25(21-9-4-2-5-10-21)19-27(34-29)32-26(20-35)22-11-6-3-7-12-22/h2-7,9-16,19,26,28,35-36H,8,17-18,20H2,1H3,(H2,31,32,33,34)/t26-,28?/m1/s1. The van der Waals surface area contributed by atoms with Gasteiger partial charge in [0.25, 0.3) is 0 Å². The van der Waals surface area contributed by atoms with Crippen LogP contribution in [0.2, 0.25) is 0 Å². The van der Waals surface area contributed by atoms with Crippen molar-refractivity contribution in [1.82, 2.24) is 9.97 Å². The van der Waals surface area contributed by atoms with Crippen LogP contribution in [-0.2, 0) is 10.2 Å². The Morgan fingerprint density at radius 1 is 0.919 bits per heavy atom. The van der Waals surface area contributed by atoms with Gasteiger partial charge in [-0.05, 0) is 36.1 Å². The molecule has 4 aromatic rings. The van der Waals surface area contributed by atoms with Crippen LogP contribution in [-0.4, -0.2) is 40.2 Å². The molecule has 1 fully saturated rings. The lowest BCUT2D eigenvalue weighted by atomic mass is 9.64. The van der Waals surface area contributed by atoms with Gasteiger partial charge >= 0.3 is 0 Å². The molecule has 190 valence electrons. The third-order valence-electron chi connectivity index (χ3n) is 7.16. The van der Waals surface area contributed by atoms with Crippen molar-refractivity contribution in [1.29, 1.82) is 0 Å². The highest BCUT2D eigenvalue weighted by Gasteiger charge is 2.45. The van der Waals surface area contributed by atoms with Gasteiger partial charge in [-0.2, -0.15) is 4.98 Å². The highest BCUT2D eigenvalue weighted by molar-refractivity contribution is 5.66. The van der Waals surface area contributed by atoms with Crippen molar-refractivity contribution in [3.63, 3.8) is 0 Å². The van der Waals surface area contributed by atoms with Crippen LogP contribution in [0.3, 0.4) is 0 Å². The third kappa shape index (κ3) is 5.34. The summed E-state index contributed by atoms with van der Waals surface area (Å²) in [6, 6.07) is 29.3. The second-order valence-electron chi connectivity index (χ2n) is 9.42. The number of methoxy groups -OCH3 is 1. The number of rotatable bonds is 10. The predicted molar refractivity (Wildman–Crippen MR) is 146 cm³/mol. The average molecular weight is 497 g/mol. The number of aliphatic hydroxyl groups is 2. The van der Waals surface area contributed by atoms with E-state index in [2.05, 4.69) is 10.6 Å². The molecule has 0 aliphatic heterocycles. The van der Waals surface area contributed by atoms with E-state index >= 15 is 0 Å². The first-order valence-corrected chi connectivity index (χ1v) is 12.6. The Morgan fingerprint density at radius 2 is 1.59 bits per heavy atom. The highest BCUT2D eigenvalue weighted by Crippen LogP contribution is 2.47. The summed E-state index contributed by atoms with van der Waals surface area (Å²) >= 11 is 0. The van der Waals surface area contributed by atoms with Crippen molar-refractivity contribution in [3.8, 4) is 11.3 Å². The van der Waals surface area contributed by atoms with E-state index in [1.54, 1.807) is 7.11 Å². The number of aromatic nitrogens is 2. The predicted octanol–water partition coefficient (Wildman–Crippen LogP) is 5.42. The molecule has 2 atom stereocenters. The van der Waals surface area contributed by atoms with E-state index in [1.165, 1.54) is 0 Å². The van der Waals surface area contributed by atoms with Gasteiger partial charge in [0, 0.05) is 29.8 Å². The molecule has 4 N–H and O–H groups in total. The molecule has 1 aromatic heterocycles. The van der Waals surface area contributed by atoms with E-state index in [-0.39, 0.29) is 18.1 Å². The minimum Gasteiger partial charge on any atom is -0.394 e. The van der Waals surface area contributed by atoms with Crippen molar-refractivity contribution in [2.75, 3.05) is 24.4 Å². The first-order chi connectivity index (χ1) is 18.1. The minimum absolute atomic E-state index is 0.0754. The Labute approximate surface area is 217 Å². The molecule has 1 unspecified atom stereocenters. The summed E-state index contributed by atoms with van der Waals surface area (Å²) in [6.45, 7) is -0.0754. The van der Waals surface area contributed by atoms with Crippen LogP contribution >= 0.6 is 0 Å². The van der Waals surface area contributed by atoms with Crippen molar-refractivity contribution in [2.24, 2.45) is 0 Å². The smallest absolute Gasteiger partial charge is 0.229 e. The molecule has 1 aliphatic carbocycles. The second kappa shape index (κ2) is 11.1.